The third kappa shape index (κ3) is 4.66. The fourth-order valence-corrected chi connectivity index (χ4v) is 4.29. The highest BCUT2D eigenvalue weighted by Crippen LogP contribution is 2.40. The van der Waals surface area contributed by atoms with Crippen molar-refractivity contribution >= 4 is 22.8 Å². The molecule has 0 fully saturated rings. The van der Waals surface area contributed by atoms with Crippen LogP contribution in [0.3, 0.4) is 0 Å². The van der Waals surface area contributed by atoms with E-state index in [0.717, 1.165) is 28.5 Å². The summed E-state index contributed by atoms with van der Waals surface area (Å²) >= 11 is 0.950. The molecule has 4 heteroatoms. The lowest BCUT2D eigenvalue weighted by molar-refractivity contribution is -0.150. The summed E-state index contributed by atoms with van der Waals surface area (Å²) in [4.78, 5) is 25.6. The molecule has 0 atom stereocenters. The third-order valence-electron chi connectivity index (χ3n) is 5.14. The van der Waals surface area contributed by atoms with Gasteiger partial charge in [0.25, 0.3) is 0 Å². The van der Waals surface area contributed by atoms with Gasteiger partial charge in [-0.25, -0.2) is 0 Å². The monoisotopic (exact) mass is 438 g/mol. The van der Waals surface area contributed by atoms with E-state index >= 15 is 0 Å². The molecule has 0 aliphatic rings. The molecule has 0 aliphatic carbocycles. The molecule has 0 unspecified atom stereocenters. The predicted octanol–water partition coefficient (Wildman–Crippen LogP) is 6.10. The highest BCUT2D eigenvalue weighted by molar-refractivity contribution is 8.14. The molecule has 0 bridgehead atoms. The Bertz CT molecular complexity index is 1060. The summed E-state index contributed by atoms with van der Waals surface area (Å²) in [6.45, 7) is 0. The van der Waals surface area contributed by atoms with E-state index in [1.165, 1.54) is 0 Å². The molecule has 4 aromatic rings. The highest BCUT2D eigenvalue weighted by atomic mass is 32.2. The second-order valence-electron chi connectivity index (χ2n) is 7.20. The van der Waals surface area contributed by atoms with Crippen molar-refractivity contribution in [2.75, 3.05) is 5.75 Å². The van der Waals surface area contributed by atoms with Gasteiger partial charge in [-0.05, 0) is 0 Å². The van der Waals surface area contributed by atoms with Crippen LogP contribution in [0.5, 0.6) is 0 Å². The molecule has 0 amide bonds. The van der Waals surface area contributed by atoms with Crippen LogP contribution >= 0.6 is 11.8 Å². The first kappa shape index (κ1) is 21.6. The summed E-state index contributed by atoms with van der Waals surface area (Å²) in [5.41, 5.74) is 1.95. The lowest BCUT2D eigenvalue weighted by Crippen LogP contribution is -2.36. The van der Waals surface area contributed by atoms with E-state index in [1.54, 1.807) is 24.3 Å². The van der Waals surface area contributed by atoms with Gasteiger partial charge in [0.2, 0.25) is 5.12 Å². The first-order valence-corrected chi connectivity index (χ1v) is 11.3. The molecule has 0 aliphatic heterocycles. The molecule has 0 saturated heterocycles. The van der Waals surface area contributed by atoms with E-state index in [0.29, 0.717) is 5.56 Å². The van der Waals surface area contributed by atoms with Gasteiger partial charge >= 0.3 is 5.97 Å². The van der Waals surface area contributed by atoms with Crippen LogP contribution < -0.4 is 0 Å². The first-order chi connectivity index (χ1) is 15.7. The average Bonchev–Trinajstić information content (AvgIpc) is 2.88. The van der Waals surface area contributed by atoms with Crippen molar-refractivity contribution < 1.29 is 14.3 Å². The number of carbonyl (C=O) groups excluding carboxylic acids is 2. The Hall–Kier alpha value is -3.63. The maximum atomic E-state index is 13.1. The van der Waals surface area contributed by atoms with Crippen molar-refractivity contribution in [3.63, 3.8) is 0 Å². The van der Waals surface area contributed by atoms with Crippen LogP contribution in [0.25, 0.3) is 0 Å². The van der Waals surface area contributed by atoms with E-state index in [9.17, 15) is 9.59 Å². The van der Waals surface area contributed by atoms with Crippen molar-refractivity contribution in [1.82, 2.24) is 0 Å². The Kier molecular flexibility index (Phi) is 6.83. The van der Waals surface area contributed by atoms with Crippen molar-refractivity contribution in [2.24, 2.45) is 0 Å². The second kappa shape index (κ2) is 10.1. The van der Waals surface area contributed by atoms with Gasteiger partial charge in [0.05, 0.1) is 5.75 Å². The summed E-state index contributed by atoms with van der Waals surface area (Å²) in [6, 6.07) is 38.0. The largest absolute Gasteiger partial charge is 0.444 e. The van der Waals surface area contributed by atoms with Gasteiger partial charge in [-0.1, -0.05) is 133 Å². The van der Waals surface area contributed by atoms with Crippen LogP contribution in [0, 0.1) is 0 Å². The molecule has 0 radical (unpaired) electrons. The Balaban J connectivity index is 1.69. The molecule has 4 aromatic carbocycles. The van der Waals surface area contributed by atoms with Gasteiger partial charge in [-0.2, -0.15) is 0 Å². The Morgan fingerprint density at radius 2 is 0.969 bits per heavy atom. The van der Waals surface area contributed by atoms with Crippen molar-refractivity contribution in [3.8, 4) is 0 Å². The normalized spacial score (nSPS) is 11.0. The van der Waals surface area contributed by atoms with Gasteiger partial charge < -0.3 is 4.74 Å². The number of hydrogen-bond acceptors (Lipinski definition) is 4. The molecule has 0 aromatic heterocycles. The molecule has 0 spiro atoms. The molecule has 0 heterocycles. The summed E-state index contributed by atoms with van der Waals surface area (Å²) in [7, 11) is 0. The molecular formula is C28H22O3S. The summed E-state index contributed by atoms with van der Waals surface area (Å²) in [6.07, 6.45) is 0. The van der Waals surface area contributed by atoms with E-state index in [1.807, 2.05) is 97.1 Å². The number of esters is 1. The minimum Gasteiger partial charge on any atom is -0.444 e. The third-order valence-corrected chi connectivity index (χ3v) is 6.02. The van der Waals surface area contributed by atoms with E-state index in [-0.39, 0.29) is 10.9 Å². The zero-order chi connectivity index (χ0) is 22.2. The molecule has 0 N–H and O–H groups in total. The smallest absolute Gasteiger partial charge is 0.317 e. The fourth-order valence-electron chi connectivity index (χ4n) is 3.68. The van der Waals surface area contributed by atoms with Crippen molar-refractivity contribution in [1.29, 1.82) is 0 Å². The number of benzene rings is 4. The minimum absolute atomic E-state index is 0.0814. The van der Waals surface area contributed by atoms with Gasteiger partial charge in [0, 0.05) is 22.3 Å². The maximum Gasteiger partial charge on any atom is 0.317 e. The van der Waals surface area contributed by atoms with E-state index < -0.39 is 11.6 Å². The fraction of sp³-hybridized carbons (Fsp3) is 0.0714. The summed E-state index contributed by atoms with van der Waals surface area (Å²) < 4.78 is 6.27. The topological polar surface area (TPSA) is 43.4 Å². The van der Waals surface area contributed by atoms with Crippen molar-refractivity contribution in [3.05, 3.63) is 144 Å². The summed E-state index contributed by atoms with van der Waals surface area (Å²) in [5, 5.41) is -0.160. The van der Waals surface area contributed by atoms with E-state index in [4.69, 9.17) is 4.74 Å². The van der Waals surface area contributed by atoms with Gasteiger partial charge in [-0.3, -0.25) is 9.59 Å². The summed E-state index contributed by atoms with van der Waals surface area (Å²) in [5.74, 6) is -0.544. The predicted molar refractivity (Wildman–Crippen MR) is 129 cm³/mol. The quantitative estimate of drug-likeness (QED) is 0.258. The van der Waals surface area contributed by atoms with Gasteiger partial charge in [-0.15, -0.1) is 0 Å². The van der Waals surface area contributed by atoms with Gasteiger partial charge in [0.15, 0.2) is 5.60 Å². The molecule has 158 valence electrons. The number of ether oxygens (including phenoxy) is 1. The van der Waals surface area contributed by atoms with Crippen LogP contribution in [0.2, 0.25) is 0 Å². The highest BCUT2D eigenvalue weighted by Gasteiger charge is 2.40. The molecular weight excluding hydrogens is 416 g/mol. The zero-order valence-electron chi connectivity index (χ0n) is 17.4. The lowest BCUT2D eigenvalue weighted by Gasteiger charge is -2.35. The Morgan fingerprint density at radius 1 is 0.594 bits per heavy atom. The van der Waals surface area contributed by atoms with Crippen LogP contribution in [0.15, 0.2) is 121 Å². The van der Waals surface area contributed by atoms with Crippen LogP contribution in [0.1, 0.15) is 27.0 Å². The number of rotatable bonds is 7. The van der Waals surface area contributed by atoms with E-state index in [2.05, 4.69) is 0 Å². The number of thioether (sulfide) groups is 1. The zero-order valence-corrected chi connectivity index (χ0v) is 18.2. The first-order valence-electron chi connectivity index (χ1n) is 10.3. The minimum atomic E-state index is -1.13. The number of hydrogen-bond donors (Lipinski definition) is 0. The lowest BCUT2D eigenvalue weighted by atomic mass is 9.80. The van der Waals surface area contributed by atoms with Crippen LogP contribution in [-0.4, -0.2) is 16.8 Å². The number of carbonyl (C=O) groups is 2. The van der Waals surface area contributed by atoms with Crippen molar-refractivity contribution in [2.45, 2.75) is 5.60 Å². The molecule has 0 saturated carbocycles. The SMILES string of the molecule is O=C(CSC(=O)c1ccccc1)OC(c1ccccc1)(c1ccccc1)c1ccccc1. The standard InChI is InChI=1S/C28H22O3S/c29-26(21-32-27(30)22-13-5-1-6-14-22)31-28(23-15-7-2-8-16-23,24-17-9-3-10-18-24)25-19-11-4-12-20-25/h1-20H,21H2. The Labute approximate surface area is 192 Å². The molecule has 4 rings (SSSR count). The molecule has 3 nitrogen and oxygen atoms in total. The average molecular weight is 439 g/mol. The van der Waals surface area contributed by atoms with Crippen LogP contribution in [0.4, 0.5) is 0 Å². The molecule has 32 heavy (non-hydrogen) atoms. The van der Waals surface area contributed by atoms with Gasteiger partial charge in [0.1, 0.15) is 0 Å². The maximum absolute atomic E-state index is 13.1. The van der Waals surface area contributed by atoms with Crippen LogP contribution in [-0.2, 0) is 15.1 Å². The second-order valence-corrected chi connectivity index (χ2v) is 8.14. The Morgan fingerprint density at radius 3 is 1.38 bits per heavy atom.